The highest BCUT2D eigenvalue weighted by molar-refractivity contribution is 7.92. The molecule has 152 valence electrons. The molecule has 9 heteroatoms. The maximum atomic E-state index is 14.8. The van der Waals surface area contributed by atoms with Gasteiger partial charge in [0.1, 0.15) is 11.6 Å². The zero-order valence-electron chi connectivity index (χ0n) is 15.5. The average molecular weight is 435 g/mol. The summed E-state index contributed by atoms with van der Waals surface area (Å²) >= 11 is 0. The number of halogens is 2. The van der Waals surface area contributed by atoms with E-state index < -0.39 is 20.9 Å². The summed E-state index contributed by atoms with van der Waals surface area (Å²) in [7, 11) is -3.57. The molecule has 0 unspecified atom stereocenters. The second-order valence-electron chi connectivity index (χ2n) is 6.83. The Morgan fingerprint density at radius 2 is 1.76 bits per heavy atom. The first-order valence-corrected chi connectivity index (χ1v) is 10.6. The zero-order chi connectivity index (χ0) is 19.7. The van der Waals surface area contributed by atoms with Crippen LogP contribution in [0, 0.1) is 5.82 Å². The number of benzene rings is 1. The molecule has 2 N–H and O–H groups in total. The van der Waals surface area contributed by atoms with Crippen LogP contribution in [0.5, 0.6) is 0 Å². The molecule has 2 heterocycles. The van der Waals surface area contributed by atoms with E-state index in [1.807, 2.05) is 0 Å². The summed E-state index contributed by atoms with van der Waals surface area (Å²) < 4.78 is 40.9. The topological polar surface area (TPSA) is 98.8 Å². The molecular formula is C20H20ClFN4O2S. The molecule has 1 fully saturated rings. The molecule has 0 saturated heterocycles. The monoisotopic (exact) mass is 434 g/mol. The van der Waals surface area contributed by atoms with Crippen LogP contribution >= 0.6 is 12.4 Å². The van der Waals surface area contributed by atoms with E-state index in [4.69, 9.17) is 5.73 Å². The van der Waals surface area contributed by atoms with Gasteiger partial charge in [-0.15, -0.1) is 12.4 Å². The van der Waals surface area contributed by atoms with Gasteiger partial charge in [0.2, 0.25) is 0 Å². The molecule has 29 heavy (non-hydrogen) atoms. The lowest BCUT2D eigenvalue weighted by Gasteiger charge is -2.14. The summed E-state index contributed by atoms with van der Waals surface area (Å²) in [5.74, 6) is -0.275. The van der Waals surface area contributed by atoms with Gasteiger partial charge < -0.3 is 5.73 Å². The maximum Gasteiger partial charge on any atom is 0.199 e. The van der Waals surface area contributed by atoms with E-state index in [2.05, 4.69) is 15.0 Å². The third-order valence-corrected chi connectivity index (χ3v) is 7.22. The van der Waals surface area contributed by atoms with E-state index in [0.29, 0.717) is 29.7 Å². The predicted molar refractivity (Wildman–Crippen MR) is 112 cm³/mol. The zero-order valence-corrected chi connectivity index (χ0v) is 17.1. The number of aromatic nitrogens is 3. The van der Waals surface area contributed by atoms with Gasteiger partial charge >= 0.3 is 0 Å². The van der Waals surface area contributed by atoms with Crippen LogP contribution in [-0.2, 0) is 9.84 Å². The second-order valence-corrected chi connectivity index (χ2v) is 8.97. The summed E-state index contributed by atoms with van der Waals surface area (Å²) in [5, 5.41) is -0.406. The fourth-order valence-corrected chi connectivity index (χ4v) is 5.53. The molecule has 2 aromatic heterocycles. The van der Waals surface area contributed by atoms with Crippen molar-refractivity contribution in [3.05, 3.63) is 54.7 Å². The minimum atomic E-state index is -3.57. The SMILES string of the molecule is Cl.Nc1cnc(-c2ccc(-c3cccnc3S(=O)(=O)C3CCCC3)cc2F)cn1. The first-order valence-electron chi connectivity index (χ1n) is 9.03. The molecule has 0 amide bonds. The van der Waals surface area contributed by atoms with Crippen molar-refractivity contribution in [3.8, 4) is 22.4 Å². The van der Waals surface area contributed by atoms with Crippen LogP contribution in [0.2, 0.25) is 0 Å². The van der Waals surface area contributed by atoms with Crippen LogP contribution in [0.4, 0.5) is 10.2 Å². The number of hydrogen-bond donors (Lipinski definition) is 1. The Morgan fingerprint density at radius 3 is 2.41 bits per heavy atom. The van der Waals surface area contributed by atoms with Crippen LogP contribution in [0.15, 0.2) is 53.9 Å². The van der Waals surface area contributed by atoms with Crippen molar-refractivity contribution < 1.29 is 12.8 Å². The number of rotatable bonds is 4. The van der Waals surface area contributed by atoms with Gasteiger partial charge in [-0.1, -0.05) is 18.9 Å². The number of hydrogen-bond acceptors (Lipinski definition) is 6. The van der Waals surface area contributed by atoms with Crippen molar-refractivity contribution in [2.24, 2.45) is 0 Å². The molecule has 0 spiro atoms. The van der Waals surface area contributed by atoms with Crippen LogP contribution in [-0.4, -0.2) is 28.6 Å². The van der Waals surface area contributed by atoms with Gasteiger partial charge in [-0.2, -0.15) is 0 Å². The molecule has 6 nitrogen and oxygen atoms in total. The number of nitrogens with zero attached hydrogens (tertiary/aromatic N) is 3. The van der Waals surface area contributed by atoms with Crippen molar-refractivity contribution in [3.63, 3.8) is 0 Å². The minimum absolute atomic E-state index is 0. The normalized spacial score (nSPS) is 14.5. The lowest BCUT2D eigenvalue weighted by atomic mass is 10.0. The number of nitrogens with two attached hydrogens (primary N) is 1. The fourth-order valence-electron chi connectivity index (χ4n) is 3.56. The Bertz CT molecular complexity index is 1120. The quantitative estimate of drug-likeness (QED) is 0.664. The molecule has 0 aliphatic heterocycles. The smallest absolute Gasteiger partial charge is 0.199 e. The Morgan fingerprint density at radius 1 is 1.00 bits per heavy atom. The van der Waals surface area contributed by atoms with Gasteiger partial charge in [0.25, 0.3) is 0 Å². The Hall–Kier alpha value is -2.58. The van der Waals surface area contributed by atoms with Crippen molar-refractivity contribution in [2.45, 2.75) is 36.0 Å². The van der Waals surface area contributed by atoms with E-state index in [9.17, 15) is 12.8 Å². The lowest BCUT2D eigenvalue weighted by molar-refractivity contribution is 0.576. The number of pyridine rings is 1. The molecule has 3 aromatic rings. The van der Waals surface area contributed by atoms with E-state index in [0.717, 1.165) is 12.8 Å². The van der Waals surface area contributed by atoms with Gasteiger partial charge in [0.15, 0.2) is 14.9 Å². The molecule has 0 bridgehead atoms. The summed E-state index contributed by atoms with van der Waals surface area (Å²) in [6, 6.07) is 7.84. The Balaban J connectivity index is 0.00000240. The molecule has 1 saturated carbocycles. The summed E-state index contributed by atoms with van der Waals surface area (Å²) in [6.45, 7) is 0. The van der Waals surface area contributed by atoms with Gasteiger partial charge in [-0.3, -0.25) is 4.98 Å². The van der Waals surface area contributed by atoms with Crippen LogP contribution < -0.4 is 5.73 Å². The highest BCUT2D eigenvalue weighted by Gasteiger charge is 2.33. The Kier molecular flexibility index (Phi) is 6.14. The maximum absolute atomic E-state index is 14.8. The van der Waals surface area contributed by atoms with E-state index in [1.165, 1.54) is 24.7 Å². The molecule has 1 aliphatic carbocycles. The van der Waals surface area contributed by atoms with E-state index in [-0.39, 0.29) is 28.8 Å². The standard InChI is InChI=1S/C20H19FN4O2S.ClH/c21-17-10-13(7-8-16(17)18-11-25-19(22)12-24-18)15-6-3-9-23-20(15)28(26,27)14-4-1-2-5-14;/h3,6-12,14H,1-2,4-5H2,(H2,22,25);1H. The average Bonchev–Trinajstić information content (AvgIpc) is 3.25. The van der Waals surface area contributed by atoms with E-state index >= 15 is 0 Å². The van der Waals surface area contributed by atoms with E-state index in [1.54, 1.807) is 24.3 Å². The first kappa shape index (κ1) is 21.1. The molecular weight excluding hydrogens is 415 g/mol. The fraction of sp³-hybridized carbons (Fsp3) is 0.250. The highest BCUT2D eigenvalue weighted by Crippen LogP contribution is 2.35. The van der Waals surface area contributed by atoms with Gasteiger partial charge in [0, 0.05) is 17.3 Å². The van der Waals surface area contributed by atoms with Crippen molar-refractivity contribution in [2.75, 3.05) is 5.73 Å². The minimum Gasteiger partial charge on any atom is -0.382 e. The van der Waals surface area contributed by atoms with Gasteiger partial charge in [-0.05, 0) is 42.7 Å². The number of anilines is 1. The highest BCUT2D eigenvalue weighted by atomic mass is 35.5. The molecule has 1 aromatic carbocycles. The number of sulfone groups is 1. The predicted octanol–water partition coefficient (Wildman–Crippen LogP) is 4.07. The van der Waals surface area contributed by atoms with Gasteiger partial charge in [-0.25, -0.2) is 22.8 Å². The third-order valence-electron chi connectivity index (χ3n) is 5.01. The summed E-state index contributed by atoms with van der Waals surface area (Å²) in [4.78, 5) is 12.2. The third kappa shape index (κ3) is 4.09. The second kappa shape index (κ2) is 8.42. The summed E-state index contributed by atoms with van der Waals surface area (Å²) in [5.41, 5.74) is 6.99. The van der Waals surface area contributed by atoms with Crippen LogP contribution in [0.25, 0.3) is 22.4 Å². The molecule has 0 atom stereocenters. The molecule has 4 rings (SSSR count). The van der Waals surface area contributed by atoms with Gasteiger partial charge in [0.05, 0.1) is 23.3 Å². The largest absolute Gasteiger partial charge is 0.382 e. The summed E-state index contributed by atoms with van der Waals surface area (Å²) in [6.07, 6.45) is 7.29. The first-order chi connectivity index (χ1) is 13.5. The van der Waals surface area contributed by atoms with Crippen molar-refractivity contribution >= 4 is 28.1 Å². The number of nitrogen functional groups attached to an aromatic ring is 1. The Labute approximate surface area is 174 Å². The van der Waals surface area contributed by atoms with Crippen molar-refractivity contribution in [1.29, 1.82) is 0 Å². The lowest BCUT2D eigenvalue weighted by Crippen LogP contribution is -2.19. The van der Waals surface area contributed by atoms with Crippen LogP contribution in [0.3, 0.4) is 0 Å². The molecule has 1 aliphatic rings. The van der Waals surface area contributed by atoms with Crippen LogP contribution in [0.1, 0.15) is 25.7 Å². The molecule has 0 radical (unpaired) electrons. The van der Waals surface area contributed by atoms with Crippen molar-refractivity contribution in [1.82, 2.24) is 15.0 Å².